The lowest BCUT2D eigenvalue weighted by molar-refractivity contribution is -0.0719. The number of nitrogens with zero attached hydrogens (tertiary/aromatic N) is 1. The standard InChI is InChI=1S/C12H13BrN2O2/c1-12-6-9(14-11(16)15(12)2)8-5-7(13)3-4-10(8)17-12/h3-5,9H,6H2,1-2H3,(H,14,16). The summed E-state index contributed by atoms with van der Waals surface area (Å²) in [6, 6.07) is 5.84. The number of rotatable bonds is 0. The number of fused-ring (bicyclic) bond motifs is 4. The second kappa shape index (κ2) is 3.38. The van der Waals surface area contributed by atoms with E-state index in [1.165, 1.54) is 0 Å². The number of carbonyl (C=O) groups is 1. The Kier molecular flexibility index (Phi) is 2.17. The van der Waals surface area contributed by atoms with Crippen LogP contribution in [-0.2, 0) is 0 Å². The zero-order valence-electron chi connectivity index (χ0n) is 9.66. The van der Waals surface area contributed by atoms with Crippen molar-refractivity contribution in [3.05, 3.63) is 28.2 Å². The van der Waals surface area contributed by atoms with E-state index in [1.54, 1.807) is 11.9 Å². The zero-order chi connectivity index (χ0) is 12.2. The second-order valence-corrected chi connectivity index (χ2v) is 5.64. The van der Waals surface area contributed by atoms with E-state index in [4.69, 9.17) is 4.74 Å². The summed E-state index contributed by atoms with van der Waals surface area (Å²) < 4.78 is 6.97. The molecule has 2 aliphatic heterocycles. The van der Waals surface area contributed by atoms with Gasteiger partial charge in [-0.2, -0.15) is 0 Å². The van der Waals surface area contributed by atoms with Crippen molar-refractivity contribution in [2.75, 3.05) is 7.05 Å². The van der Waals surface area contributed by atoms with Crippen molar-refractivity contribution in [3.8, 4) is 5.75 Å². The molecule has 2 bridgehead atoms. The molecule has 2 atom stereocenters. The second-order valence-electron chi connectivity index (χ2n) is 4.72. The fraction of sp³-hybridized carbons (Fsp3) is 0.417. The highest BCUT2D eigenvalue weighted by atomic mass is 79.9. The van der Waals surface area contributed by atoms with Gasteiger partial charge in [0.2, 0.25) is 0 Å². The molecule has 1 saturated heterocycles. The summed E-state index contributed by atoms with van der Waals surface area (Å²) in [6.45, 7) is 1.95. The average Bonchev–Trinajstić information content (AvgIpc) is 2.27. The van der Waals surface area contributed by atoms with E-state index in [2.05, 4.69) is 21.2 Å². The van der Waals surface area contributed by atoms with E-state index in [1.807, 2.05) is 25.1 Å². The highest BCUT2D eigenvalue weighted by Crippen LogP contribution is 2.44. The maximum Gasteiger partial charge on any atom is 0.320 e. The zero-order valence-corrected chi connectivity index (χ0v) is 11.2. The Morgan fingerprint density at radius 3 is 3.12 bits per heavy atom. The van der Waals surface area contributed by atoms with Crippen molar-refractivity contribution in [2.24, 2.45) is 0 Å². The molecule has 1 aromatic rings. The Labute approximate surface area is 108 Å². The molecule has 0 aliphatic carbocycles. The SMILES string of the molecule is CN1C(=O)NC2CC1(C)Oc1ccc(Br)cc12. The fourth-order valence-electron chi connectivity index (χ4n) is 2.45. The number of urea groups is 1. The highest BCUT2D eigenvalue weighted by molar-refractivity contribution is 9.10. The minimum atomic E-state index is -0.548. The lowest BCUT2D eigenvalue weighted by Crippen LogP contribution is -2.63. The van der Waals surface area contributed by atoms with E-state index < -0.39 is 5.72 Å². The lowest BCUT2D eigenvalue weighted by atomic mass is 9.91. The number of hydrogen-bond donors (Lipinski definition) is 1. The van der Waals surface area contributed by atoms with Gasteiger partial charge < -0.3 is 10.1 Å². The van der Waals surface area contributed by atoms with Crippen LogP contribution in [0.25, 0.3) is 0 Å². The van der Waals surface area contributed by atoms with Crippen LogP contribution >= 0.6 is 15.9 Å². The van der Waals surface area contributed by atoms with Gasteiger partial charge in [0, 0.05) is 23.5 Å². The lowest BCUT2D eigenvalue weighted by Gasteiger charge is -2.49. The third kappa shape index (κ3) is 1.52. The molecule has 2 amide bonds. The van der Waals surface area contributed by atoms with Gasteiger partial charge in [0.25, 0.3) is 0 Å². The third-order valence-electron chi connectivity index (χ3n) is 3.57. The van der Waals surface area contributed by atoms with Crippen LogP contribution < -0.4 is 10.1 Å². The van der Waals surface area contributed by atoms with Gasteiger partial charge in [0.1, 0.15) is 5.75 Å². The molecule has 0 spiro atoms. The number of nitrogens with one attached hydrogen (secondary N) is 1. The van der Waals surface area contributed by atoms with Gasteiger partial charge >= 0.3 is 6.03 Å². The van der Waals surface area contributed by atoms with Crippen LogP contribution in [0.2, 0.25) is 0 Å². The quantitative estimate of drug-likeness (QED) is 0.800. The van der Waals surface area contributed by atoms with Gasteiger partial charge in [-0.3, -0.25) is 4.90 Å². The molecule has 2 heterocycles. The number of carbonyl (C=O) groups excluding carboxylic acids is 1. The number of halogens is 1. The molecule has 2 unspecified atom stereocenters. The van der Waals surface area contributed by atoms with E-state index in [-0.39, 0.29) is 12.1 Å². The Bertz CT molecular complexity index is 505. The molecular formula is C12H13BrN2O2. The van der Waals surface area contributed by atoms with E-state index in [0.717, 1.165) is 22.2 Å². The predicted octanol–water partition coefficient (Wildman–Crippen LogP) is 2.64. The number of amides is 2. The van der Waals surface area contributed by atoms with E-state index in [0.29, 0.717) is 0 Å². The van der Waals surface area contributed by atoms with Crippen LogP contribution in [0.5, 0.6) is 5.75 Å². The highest BCUT2D eigenvalue weighted by Gasteiger charge is 2.47. The Morgan fingerprint density at radius 1 is 1.59 bits per heavy atom. The summed E-state index contributed by atoms with van der Waals surface area (Å²) in [6.07, 6.45) is 0.763. The van der Waals surface area contributed by atoms with Gasteiger partial charge in [-0.05, 0) is 25.1 Å². The average molecular weight is 297 g/mol. The van der Waals surface area contributed by atoms with Crippen molar-refractivity contribution in [1.82, 2.24) is 10.2 Å². The van der Waals surface area contributed by atoms with Gasteiger partial charge in [-0.25, -0.2) is 4.79 Å². The molecule has 90 valence electrons. The van der Waals surface area contributed by atoms with Crippen LogP contribution in [0.1, 0.15) is 24.9 Å². The van der Waals surface area contributed by atoms with Crippen LogP contribution in [0, 0.1) is 0 Å². The first-order valence-electron chi connectivity index (χ1n) is 5.52. The van der Waals surface area contributed by atoms with Crippen LogP contribution in [0.3, 0.4) is 0 Å². The molecule has 1 N–H and O–H groups in total. The molecule has 17 heavy (non-hydrogen) atoms. The first-order valence-corrected chi connectivity index (χ1v) is 6.32. The van der Waals surface area contributed by atoms with Crippen molar-refractivity contribution in [1.29, 1.82) is 0 Å². The van der Waals surface area contributed by atoms with Crippen molar-refractivity contribution < 1.29 is 9.53 Å². The molecule has 5 heteroatoms. The largest absolute Gasteiger partial charge is 0.468 e. The molecule has 1 aromatic carbocycles. The minimum Gasteiger partial charge on any atom is -0.468 e. The number of ether oxygens (including phenoxy) is 1. The third-order valence-corrected chi connectivity index (χ3v) is 4.07. The number of hydrogen-bond acceptors (Lipinski definition) is 2. The fourth-order valence-corrected chi connectivity index (χ4v) is 2.83. The van der Waals surface area contributed by atoms with Gasteiger partial charge in [-0.15, -0.1) is 0 Å². The Hall–Kier alpha value is -1.23. The van der Waals surface area contributed by atoms with Gasteiger partial charge in [-0.1, -0.05) is 15.9 Å². The Balaban J connectivity index is 2.11. The maximum atomic E-state index is 11.8. The summed E-state index contributed by atoms with van der Waals surface area (Å²) >= 11 is 3.44. The maximum absolute atomic E-state index is 11.8. The van der Waals surface area contributed by atoms with Crippen LogP contribution in [0.4, 0.5) is 4.79 Å². The van der Waals surface area contributed by atoms with Crippen LogP contribution in [0.15, 0.2) is 22.7 Å². The van der Waals surface area contributed by atoms with E-state index in [9.17, 15) is 4.79 Å². The summed E-state index contributed by atoms with van der Waals surface area (Å²) in [5, 5.41) is 2.99. The van der Waals surface area contributed by atoms with Gasteiger partial charge in [0.15, 0.2) is 5.72 Å². The number of benzene rings is 1. The molecule has 0 aromatic heterocycles. The van der Waals surface area contributed by atoms with Crippen molar-refractivity contribution in [3.63, 3.8) is 0 Å². The first kappa shape index (κ1) is 10.9. The first-order chi connectivity index (χ1) is 7.99. The molecule has 0 saturated carbocycles. The normalized spacial score (nSPS) is 30.4. The van der Waals surface area contributed by atoms with E-state index >= 15 is 0 Å². The monoisotopic (exact) mass is 296 g/mol. The molecule has 1 fully saturated rings. The summed E-state index contributed by atoms with van der Waals surface area (Å²) in [4.78, 5) is 13.5. The predicted molar refractivity (Wildman–Crippen MR) is 66.8 cm³/mol. The van der Waals surface area contributed by atoms with Crippen molar-refractivity contribution >= 4 is 22.0 Å². The molecule has 2 aliphatic rings. The summed E-state index contributed by atoms with van der Waals surface area (Å²) in [7, 11) is 1.76. The van der Waals surface area contributed by atoms with Crippen LogP contribution in [-0.4, -0.2) is 23.7 Å². The van der Waals surface area contributed by atoms with Gasteiger partial charge in [0.05, 0.1) is 6.04 Å². The minimum absolute atomic E-state index is 0.0324. The molecule has 0 radical (unpaired) electrons. The molecular weight excluding hydrogens is 284 g/mol. The topological polar surface area (TPSA) is 41.6 Å². The molecule has 3 rings (SSSR count). The smallest absolute Gasteiger partial charge is 0.320 e. The van der Waals surface area contributed by atoms with Crippen molar-refractivity contribution in [2.45, 2.75) is 25.1 Å². The molecule has 4 nitrogen and oxygen atoms in total. The summed E-state index contributed by atoms with van der Waals surface area (Å²) in [5.74, 6) is 0.846. The Morgan fingerprint density at radius 2 is 2.35 bits per heavy atom. The summed E-state index contributed by atoms with van der Waals surface area (Å²) in [5.41, 5.74) is 0.492.